The molecule has 25 heavy (non-hydrogen) atoms. The Kier molecular flexibility index (Phi) is 4.90. The van der Waals surface area contributed by atoms with Gasteiger partial charge < -0.3 is 5.32 Å². The lowest BCUT2D eigenvalue weighted by Crippen LogP contribution is -2.18. The third-order valence-corrected chi connectivity index (χ3v) is 4.03. The van der Waals surface area contributed by atoms with E-state index < -0.39 is 11.7 Å². The summed E-state index contributed by atoms with van der Waals surface area (Å²) in [6, 6.07) is 15.0. The summed E-state index contributed by atoms with van der Waals surface area (Å²) < 4.78 is 40.2. The summed E-state index contributed by atoms with van der Waals surface area (Å²) in [4.78, 5) is 0. The van der Waals surface area contributed by atoms with E-state index in [0.29, 0.717) is 12.1 Å². The SMILES string of the molecule is CC(NCc1ccc(-n2cccn2)cc1)c1cccc(C(F)(F)F)c1. The molecule has 6 heteroatoms. The first kappa shape index (κ1) is 17.2. The third-order valence-electron chi connectivity index (χ3n) is 4.03. The number of aromatic nitrogens is 2. The number of rotatable bonds is 5. The monoisotopic (exact) mass is 345 g/mol. The number of hydrogen-bond acceptors (Lipinski definition) is 2. The minimum Gasteiger partial charge on any atom is -0.306 e. The molecule has 0 aliphatic rings. The fourth-order valence-electron chi connectivity index (χ4n) is 2.56. The fraction of sp³-hybridized carbons (Fsp3) is 0.211. The van der Waals surface area contributed by atoms with Crippen molar-refractivity contribution in [1.82, 2.24) is 15.1 Å². The molecule has 1 heterocycles. The number of nitrogens with zero attached hydrogens (tertiary/aromatic N) is 2. The second-order valence-corrected chi connectivity index (χ2v) is 5.84. The molecular weight excluding hydrogens is 327 g/mol. The first-order chi connectivity index (χ1) is 11.9. The van der Waals surface area contributed by atoms with E-state index in [-0.39, 0.29) is 6.04 Å². The van der Waals surface area contributed by atoms with Gasteiger partial charge in [0.25, 0.3) is 0 Å². The molecule has 0 saturated carbocycles. The van der Waals surface area contributed by atoms with E-state index in [2.05, 4.69) is 10.4 Å². The van der Waals surface area contributed by atoms with Gasteiger partial charge in [0.2, 0.25) is 0 Å². The van der Waals surface area contributed by atoms with E-state index in [1.54, 1.807) is 16.9 Å². The van der Waals surface area contributed by atoms with Gasteiger partial charge in [0, 0.05) is 25.0 Å². The molecule has 0 fully saturated rings. The maximum Gasteiger partial charge on any atom is 0.416 e. The molecule has 0 aliphatic heterocycles. The molecule has 1 N–H and O–H groups in total. The second-order valence-electron chi connectivity index (χ2n) is 5.84. The van der Waals surface area contributed by atoms with Crippen LogP contribution in [0.3, 0.4) is 0 Å². The van der Waals surface area contributed by atoms with Crippen LogP contribution in [-0.4, -0.2) is 9.78 Å². The Hall–Kier alpha value is -2.60. The molecule has 1 aromatic heterocycles. The van der Waals surface area contributed by atoms with Crippen LogP contribution in [0.4, 0.5) is 13.2 Å². The molecule has 130 valence electrons. The number of alkyl halides is 3. The molecule has 0 spiro atoms. The number of nitrogens with one attached hydrogen (secondary N) is 1. The van der Waals surface area contributed by atoms with Crippen LogP contribution in [0.1, 0.15) is 29.7 Å². The van der Waals surface area contributed by atoms with Gasteiger partial charge in [-0.3, -0.25) is 0 Å². The zero-order chi connectivity index (χ0) is 17.9. The van der Waals surface area contributed by atoms with Crippen molar-refractivity contribution in [2.75, 3.05) is 0 Å². The average molecular weight is 345 g/mol. The molecule has 0 bridgehead atoms. The van der Waals surface area contributed by atoms with Crippen molar-refractivity contribution in [2.45, 2.75) is 25.7 Å². The predicted octanol–water partition coefficient (Wildman–Crippen LogP) is 4.74. The molecule has 3 nitrogen and oxygen atoms in total. The normalized spacial score (nSPS) is 13.0. The van der Waals surface area contributed by atoms with Crippen LogP contribution >= 0.6 is 0 Å². The van der Waals surface area contributed by atoms with Crippen LogP contribution in [0.2, 0.25) is 0 Å². The summed E-state index contributed by atoms with van der Waals surface area (Å²) in [6.45, 7) is 2.42. The second kappa shape index (κ2) is 7.11. The van der Waals surface area contributed by atoms with Crippen LogP contribution in [0, 0.1) is 0 Å². The largest absolute Gasteiger partial charge is 0.416 e. The maximum atomic E-state index is 12.8. The van der Waals surface area contributed by atoms with E-state index in [9.17, 15) is 13.2 Å². The summed E-state index contributed by atoms with van der Waals surface area (Å²) in [5.74, 6) is 0. The van der Waals surface area contributed by atoms with Gasteiger partial charge >= 0.3 is 6.18 Å². The summed E-state index contributed by atoms with van der Waals surface area (Å²) in [7, 11) is 0. The van der Waals surface area contributed by atoms with Crippen LogP contribution in [0.15, 0.2) is 67.0 Å². The van der Waals surface area contributed by atoms with Gasteiger partial charge in [0.1, 0.15) is 0 Å². The van der Waals surface area contributed by atoms with Crippen molar-refractivity contribution in [3.63, 3.8) is 0 Å². The quantitative estimate of drug-likeness (QED) is 0.724. The lowest BCUT2D eigenvalue weighted by Gasteiger charge is -2.16. The summed E-state index contributed by atoms with van der Waals surface area (Å²) >= 11 is 0. The Labute approximate surface area is 144 Å². The van der Waals surface area contributed by atoms with Crippen molar-refractivity contribution < 1.29 is 13.2 Å². The van der Waals surface area contributed by atoms with Gasteiger partial charge in [-0.2, -0.15) is 18.3 Å². The van der Waals surface area contributed by atoms with Gasteiger partial charge in [0.05, 0.1) is 11.3 Å². The zero-order valence-electron chi connectivity index (χ0n) is 13.7. The van der Waals surface area contributed by atoms with Crippen LogP contribution in [-0.2, 0) is 12.7 Å². The van der Waals surface area contributed by atoms with Gasteiger partial charge in [-0.05, 0) is 48.4 Å². The van der Waals surface area contributed by atoms with Gasteiger partial charge in [-0.25, -0.2) is 4.68 Å². The highest BCUT2D eigenvalue weighted by Crippen LogP contribution is 2.30. The zero-order valence-corrected chi connectivity index (χ0v) is 13.7. The molecule has 0 saturated heterocycles. The van der Waals surface area contributed by atoms with Crippen molar-refractivity contribution in [3.05, 3.63) is 83.7 Å². The van der Waals surface area contributed by atoms with Crippen LogP contribution in [0.25, 0.3) is 5.69 Å². The van der Waals surface area contributed by atoms with E-state index in [1.807, 2.05) is 43.5 Å². The Balaban J connectivity index is 1.63. The summed E-state index contributed by atoms with van der Waals surface area (Å²) in [5, 5.41) is 7.43. The van der Waals surface area contributed by atoms with Crippen molar-refractivity contribution in [3.8, 4) is 5.69 Å². The summed E-state index contributed by atoms with van der Waals surface area (Å²) in [5.41, 5.74) is 2.00. The smallest absolute Gasteiger partial charge is 0.306 e. The first-order valence-electron chi connectivity index (χ1n) is 7.93. The molecule has 3 rings (SSSR count). The van der Waals surface area contributed by atoms with Crippen LogP contribution in [0.5, 0.6) is 0 Å². The average Bonchev–Trinajstić information content (AvgIpc) is 3.14. The van der Waals surface area contributed by atoms with E-state index >= 15 is 0 Å². The minimum atomic E-state index is -4.32. The topological polar surface area (TPSA) is 29.9 Å². The van der Waals surface area contributed by atoms with Gasteiger partial charge in [0.15, 0.2) is 0 Å². The number of hydrogen-bond donors (Lipinski definition) is 1. The first-order valence-corrected chi connectivity index (χ1v) is 7.93. The molecular formula is C19H18F3N3. The minimum absolute atomic E-state index is 0.187. The third kappa shape index (κ3) is 4.28. The van der Waals surface area contributed by atoms with Gasteiger partial charge in [-0.15, -0.1) is 0 Å². The predicted molar refractivity (Wildman–Crippen MR) is 90.3 cm³/mol. The highest BCUT2D eigenvalue weighted by molar-refractivity contribution is 5.34. The molecule has 0 amide bonds. The molecule has 2 aromatic carbocycles. The Bertz CT molecular complexity index is 809. The van der Waals surface area contributed by atoms with E-state index in [4.69, 9.17) is 0 Å². The fourth-order valence-corrected chi connectivity index (χ4v) is 2.56. The number of benzene rings is 2. The Morgan fingerprint density at radius 3 is 2.48 bits per heavy atom. The van der Waals surface area contributed by atoms with Crippen molar-refractivity contribution in [1.29, 1.82) is 0 Å². The lowest BCUT2D eigenvalue weighted by atomic mass is 10.0. The maximum absolute atomic E-state index is 12.8. The van der Waals surface area contributed by atoms with E-state index in [0.717, 1.165) is 17.3 Å². The molecule has 1 atom stereocenters. The van der Waals surface area contributed by atoms with Crippen LogP contribution < -0.4 is 5.32 Å². The molecule has 0 radical (unpaired) electrons. The molecule has 0 aliphatic carbocycles. The van der Waals surface area contributed by atoms with E-state index in [1.165, 1.54) is 12.1 Å². The van der Waals surface area contributed by atoms with Gasteiger partial charge in [-0.1, -0.05) is 24.3 Å². The summed E-state index contributed by atoms with van der Waals surface area (Å²) in [6.07, 6.45) is -0.743. The highest BCUT2D eigenvalue weighted by Gasteiger charge is 2.30. The highest BCUT2D eigenvalue weighted by atomic mass is 19.4. The van der Waals surface area contributed by atoms with Crippen molar-refractivity contribution in [2.24, 2.45) is 0 Å². The Morgan fingerprint density at radius 1 is 1.08 bits per heavy atom. The number of halogens is 3. The van der Waals surface area contributed by atoms with Crippen molar-refractivity contribution >= 4 is 0 Å². The molecule has 3 aromatic rings. The standard InChI is InChI=1S/C19H18F3N3/c1-14(16-4-2-5-17(12-16)19(20,21)22)23-13-15-6-8-18(9-7-15)25-11-3-10-24-25/h2-12,14,23H,13H2,1H3. The molecule has 1 unspecified atom stereocenters. The Morgan fingerprint density at radius 2 is 1.84 bits per heavy atom. The lowest BCUT2D eigenvalue weighted by molar-refractivity contribution is -0.137.